The van der Waals surface area contributed by atoms with E-state index in [0.717, 1.165) is 24.1 Å². The number of amides is 1. The first-order valence-corrected chi connectivity index (χ1v) is 10.1. The number of piperazine rings is 1. The van der Waals surface area contributed by atoms with Gasteiger partial charge in [-0.25, -0.2) is 15.0 Å². The molecular weight excluding hydrogens is 392 g/mol. The number of imidazole rings is 1. The third-order valence-electron chi connectivity index (χ3n) is 5.49. The van der Waals surface area contributed by atoms with Gasteiger partial charge in [-0.15, -0.1) is 0 Å². The van der Waals surface area contributed by atoms with Crippen LogP contribution >= 0.6 is 0 Å². The van der Waals surface area contributed by atoms with E-state index in [1.54, 1.807) is 24.7 Å². The highest BCUT2D eigenvalue weighted by atomic mass is 16.2. The Labute approximate surface area is 179 Å². The van der Waals surface area contributed by atoms with Crippen molar-refractivity contribution in [2.45, 2.75) is 0 Å². The van der Waals surface area contributed by atoms with Crippen LogP contribution in [-0.2, 0) is 0 Å². The minimum absolute atomic E-state index is 0.0247. The first-order valence-electron chi connectivity index (χ1n) is 10.1. The van der Waals surface area contributed by atoms with Crippen molar-refractivity contribution in [3.8, 4) is 22.8 Å². The molecule has 0 saturated carbocycles. The third kappa shape index (κ3) is 3.71. The molecule has 0 aliphatic carbocycles. The number of aromatic nitrogens is 5. The number of benzene rings is 1. The average molecular weight is 414 g/mol. The van der Waals surface area contributed by atoms with Crippen LogP contribution in [0.2, 0.25) is 0 Å². The number of anilines is 1. The van der Waals surface area contributed by atoms with E-state index in [1.165, 1.54) is 0 Å². The molecule has 156 valence electrons. The summed E-state index contributed by atoms with van der Waals surface area (Å²) in [4.78, 5) is 38.1. The maximum absolute atomic E-state index is 12.9. The molecule has 0 unspecified atom stereocenters. The number of likely N-dealkylation sites (N-methyl/N-ethyl adjacent to an activating group) is 1. The fourth-order valence-corrected chi connectivity index (χ4v) is 3.67. The van der Waals surface area contributed by atoms with Gasteiger partial charge in [0.2, 0.25) is 0 Å². The molecule has 5 rings (SSSR count). The summed E-state index contributed by atoms with van der Waals surface area (Å²) in [6, 6.07) is 9.52. The number of fused-ring (bicyclic) bond motifs is 1. The van der Waals surface area contributed by atoms with E-state index in [9.17, 15) is 4.79 Å². The van der Waals surface area contributed by atoms with Gasteiger partial charge in [-0.05, 0) is 25.2 Å². The number of nitrogens with two attached hydrogens (primary N) is 1. The molecule has 0 atom stereocenters. The molecular formula is C22H22N8O. The van der Waals surface area contributed by atoms with Gasteiger partial charge >= 0.3 is 0 Å². The fourth-order valence-electron chi connectivity index (χ4n) is 3.67. The predicted molar refractivity (Wildman–Crippen MR) is 118 cm³/mol. The fraction of sp³-hybridized carbons (Fsp3) is 0.227. The summed E-state index contributed by atoms with van der Waals surface area (Å²) >= 11 is 0. The lowest BCUT2D eigenvalue weighted by Crippen LogP contribution is -2.47. The molecule has 1 amide bonds. The van der Waals surface area contributed by atoms with Gasteiger partial charge in [0.1, 0.15) is 5.69 Å². The van der Waals surface area contributed by atoms with Crippen molar-refractivity contribution in [3.05, 3.63) is 54.5 Å². The summed E-state index contributed by atoms with van der Waals surface area (Å²) in [6.07, 6.45) is 4.85. The van der Waals surface area contributed by atoms with Gasteiger partial charge in [-0.2, -0.15) is 0 Å². The van der Waals surface area contributed by atoms with Crippen molar-refractivity contribution < 1.29 is 4.79 Å². The third-order valence-corrected chi connectivity index (χ3v) is 5.49. The highest BCUT2D eigenvalue weighted by molar-refractivity contribution is 5.95. The molecule has 4 heterocycles. The standard InChI is InChI=1S/C22H22N8O/c1-29-6-8-30(9-7-29)22(31)15-10-14(11-24-12-15)18-13-25-20(23)19(26-18)21-27-16-4-2-3-5-17(16)28-21/h2-5,10-13H,6-9H2,1H3,(H2,23,25)(H,27,28). The van der Waals surface area contributed by atoms with Crippen molar-refractivity contribution in [3.63, 3.8) is 0 Å². The van der Waals surface area contributed by atoms with Gasteiger partial charge in [0, 0.05) is 44.1 Å². The maximum Gasteiger partial charge on any atom is 0.255 e. The number of nitrogens with one attached hydrogen (secondary N) is 1. The maximum atomic E-state index is 12.9. The van der Waals surface area contributed by atoms with Crippen LogP contribution in [0.25, 0.3) is 33.8 Å². The van der Waals surface area contributed by atoms with Gasteiger partial charge < -0.3 is 20.5 Å². The van der Waals surface area contributed by atoms with Crippen LogP contribution < -0.4 is 5.73 Å². The Morgan fingerprint density at radius 1 is 1.06 bits per heavy atom. The first-order chi connectivity index (χ1) is 15.1. The highest BCUT2D eigenvalue weighted by Crippen LogP contribution is 2.26. The predicted octanol–water partition coefficient (Wildman–Crippen LogP) is 2.05. The number of H-pyrrole nitrogens is 1. The summed E-state index contributed by atoms with van der Waals surface area (Å²) in [5.41, 5.74) is 10.1. The van der Waals surface area contributed by atoms with Crippen LogP contribution in [0.3, 0.4) is 0 Å². The minimum Gasteiger partial charge on any atom is -0.382 e. The number of hydrogen-bond donors (Lipinski definition) is 2. The zero-order chi connectivity index (χ0) is 21.4. The summed E-state index contributed by atoms with van der Waals surface area (Å²) in [5, 5.41) is 0. The van der Waals surface area contributed by atoms with Crippen LogP contribution in [0.5, 0.6) is 0 Å². The number of para-hydroxylation sites is 2. The van der Waals surface area contributed by atoms with Gasteiger partial charge in [0.05, 0.1) is 28.5 Å². The second-order valence-electron chi connectivity index (χ2n) is 7.65. The number of hydrogen-bond acceptors (Lipinski definition) is 7. The van der Waals surface area contributed by atoms with Crippen LogP contribution in [0.15, 0.2) is 48.9 Å². The lowest BCUT2D eigenvalue weighted by molar-refractivity contribution is 0.0663. The monoisotopic (exact) mass is 414 g/mol. The Bertz CT molecular complexity index is 1230. The molecule has 3 N–H and O–H groups in total. The Morgan fingerprint density at radius 2 is 1.87 bits per heavy atom. The molecule has 3 aromatic heterocycles. The summed E-state index contributed by atoms with van der Waals surface area (Å²) < 4.78 is 0. The number of rotatable bonds is 3. The number of aromatic amines is 1. The van der Waals surface area contributed by atoms with E-state index in [2.05, 4.69) is 36.9 Å². The van der Waals surface area contributed by atoms with Crippen LogP contribution in [-0.4, -0.2) is 73.9 Å². The van der Waals surface area contributed by atoms with E-state index in [-0.39, 0.29) is 11.7 Å². The topological polar surface area (TPSA) is 117 Å². The largest absolute Gasteiger partial charge is 0.382 e. The number of carbonyl (C=O) groups is 1. The Morgan fingerprint density at radius 3 is 2.68 bits per heavy atom. The lowest BCUT2D eigenvalue weighted by atomic mass is 10.1. The van der Waals surface area contributed by atoms with Gasteiger partial charge in [0.25, 0.3) is 5.91 Å². The number of nitrogen functional groups attached to an aromatic ring is 1. The molecule has 0 spiro atoms. The second kappa shape index (κ2) is 7.77. The summed E-state index contributed by atoms with van der Waals surface area (Å²) in [5.74, 6) is 0.800. The molecule has 0 radical (unpaired) electrons. The van der Waals surface area contributed by atoms with Crippen LogP contribution in [0, 0.1) is 0 Å². The SMILES string of the molecule is CN1CCN(C(=O)c2cncc(-c3cnc(N)c(-c4nc5ccccc5[nH]4)n3)c2)CC1. The van der Waals surface area contributed by atoms with Gasteiger partial charge in [0.15, 0.2) is 11.6 Å². The number of nitrogens with zero attached hydrogens (tertiary/aromatic N) is 6. The van der Waals surface area contributed by atoms with Gasteiger partial charge in [-0.3, -0.25) is 9.78 Å². The minimum atomic E-state index is -0.0247. The normalized spacial score (nSPS) is 14.8. The number of pyridine rings is 1. The zero-order valence-electron chi connectivity index (χ0n) is 17.1. The van der Waals surface area contributed by atoms with Crippen LogP contribution in [0.1, 0.15) is 10.4 Å². The number of carbonyl (C=O) groups excluding carboxylic acids is 1. The first kappa shape index (κ1) is 19.1. The molecule has 0 bridgehead atoms. The van der Waals surface area contributed by atoms with Crippen LogP contribution in [0.4, 0.5) is 5.82 Å². The molecule has 9 heteroatoms. The Balaban J connectivity index is 1.47. The van der Waals surface area contributed by atoms with Crippen molar-refractivity contribution in [2.75, 3.05) is 39.0 Å². The Hall–Kier alpha value is -3.85. The average Bonchev–Trinajstić information content (AvgIpc) is 3.23. The summed E-state index contributed by atoms with van der Waals surface area (Å²) in [7, 11) is 2.06. The quantitative estimate of drug-likeness (QED) is 0.527. The van der Waals surface area contributed by atoms with Gasteiger partial charge in [-0.1, -0.05) is 12.1 Å². The Kier molecular flexibility index (Phi) is 4.79. The molecule has 1 aliphatic rings. The summed E-state index contributed by atoms with van der Waals surface area (Å²) in [6.45, 7) is 3.14. The second-order valence-corrected chi connectivity index (χ2v) is 7.65. The van der Waals surface area contributed by atoms with E-state index in [1.807, 2.05) is 29.2 Å². The van der Waals surface area contributed by atoms with Crippen molar-refractivity contribution in [2.24, 2.45) is 0 Å². The van der Waals surface area contributed by atoms with E-state index >= 15 is 0 Å². The zero-order valence-corrected chi connectivity index (χ0v) is 17.1. The molecule has 1 aromatic carbocycles. The molecule has 1 fully saturated rings. The van der Waals surface area contributed by atoms with E-state index in [0.29, 0.717) is 41.4 Å². The van der Waals surface area contributed by atoms with Crippen molar-refractivity contribution >= 4 is 22.8 Å². The van der Waals surface area contributed by atoms with E-state index < -0.39 is 0 Å². The molecule has 1 aliphatic heterocycles. The molecule has 4 aromatic rings. The lowest BCUT2D eigenvalue weighted by Gasteiger charge is -2.32. The van der Waals surface area contributed by atoms with Crippen molar-refractivity contribution in [1.82, 2.24) is 34.7 Å². The highest BCUT2D eigenvalue weighted by Gasteiger charge is 2.21. The van der Waals surface area contributed by atoms with E-state index in [4.69, 9.17) is 5.73 Å². The molecule has 31 heavy (non-hydrogen) atoms. The molecule has 1 saturated heterocycles. The van der Waals surface area contributed by atoms with Crippen molar-refractivity contribution in [1.29, 1.82) is 0 Å². The molecule has 9 nitrogen and oxygen atoms in total. The smallest absolute Gasteiger partial charge is 0.255 e.